The molecule has 0 aromatic heterocycles. The molecule has 1 aromatic rings. The number of nitrogens with one attached hydrogen (secondary N) is 1. The van der Waals surface area contributed by atoms with E-state index in [4.69, 9.17) is 4.74 Å². The zero-order chi connectivity index (χ0) is 15.6. The fraction of sp³-hybridized carbons (Fsp3) is 0.538. The highest BCUT2D eigenvalue weighted by Gasteiger charge is 2.28. The van der Waals surface area contributed by atoms with Crippen molar-refractivity contribution in [2.75, 3.05) is 24.7 Å². The van der Waals surface area contributed by atoms with Gasteiger partial charge < -0.3 is 10.1 Å². The van der Waals surface area contributed by atoms with Crippen LogP contribution >= 0.6 is 0 Å². The van der Waals surface area contributed by atoms with E-state index in [1.54, 1.807) is 0 Å². The van der Waals surface area contributed by atoms with Crippen LogP contribution in [0, 0.1) is 16.0 Å². The number of anilines is 1. The van der Waals surface area contributed by atoms with E-state index >= 15 is 0 Å². The van der Waals surface area contributed by atoms with Crippen molar-refractivity contribution in [1.82, 2.24) is 0 Å². The van der Waals surface area contributed by atoms with Crippen molar-refractivity contribution < 1.29 is 18.1 Å². The van der Waals surface area contributed by atoms with Gasteiger partial charge in [0.1, 0.15) is 10.6 Å². The number of hydrogen-bond donors (Lipinski definition) is 1. The molecule has 0 saturated carbocycles. The molecule has 0 radical (unpaired) electrons. The summed E-state index contributed by atoms with van der Waals surface area (Å²) in [6.07, 6.45) is 1.94. The van der Waals surface area contributed by atoms with Gasteiger partial charge in [0.15, 0.2) is 9.84 Å². The Morgan fingerprint density at radius 1 is 1.48 bits per heavy atom. The summed E-state index contributed by atoms with van der Waals surface area (Å²) in [5, 5.41) is 14.2. The second kappa shape index (κ2) is 5.98. The Morgan fingerprint density at radius 2 is 2.19 bits per heavy atom. The van der Waals surface area contributed by atoms with Gasteiger partial charge in [-0.3, -0.25) is 10.1 Å². The molecular weight excluding hydrogens is 296 g/mol. The number of sulfone groups is 1. The number of hydrogen-bond acceptors (Lipinski definition) is 6. The maximum atomic E-state index is 11.7. The average molecular weight is 314 g/mol. The summed E-state index contributed by atoms with van der Waals surface area (Å²) in [5.41, 5.74) is -0.173. The first kappa shape index (κ1) is 15.7. The predicted octanol–water partition coefficient (Wildman–Crippen LogP) is 1.84. The molecule has 0 amide bonds. The number of nitro benzene ring substituents is 1. The topological polar surface area (TPSA) is 98.5 Å². The zero-order valence-corrected chi connectivity index (χ0v) is 12.7. The van der Waals surface area contributed by atoms with Gasteiger partial charge in [-0.25, -0.2) is 8.42 Å². The smallest absolute Gasteiger partial charge is 0.310 e. The largest absolute Gasteiger partial charge is 0.379 e. The summed E-state index contributed by atoms with van der Waals surface area (Å²) in [6.45, 7) is 3.15. The Hall–Kier alpha value is -1.67. The lowest BCUT2D eigenvalue weighted by Gasteiger charge is -2.16. The molecule has 2 unspecified atom stereocenters. The summed E-state index contributed by atoms with van der Waals surface area (Å²) in [5.74, 6) is 0.256. The monoisotopic (exact) mass is 314 g/mol. The van der Waals surface area contributed by atoms with Crippen molar-refractivity contribution >= 4 is 21.2 Å². The number of para-hydroxylation sites is 1. The van der Waals surface area contributed by atoms with Crippen LogP contribution in [-0.2, 0) is 14.6 Å². The first-order valence-corrected chi connectivity index (χ1v) is 8.53. The minimum absolute atomic E-state index is 0.0923. The van der Waals surface area contributed by atoms with Crippen molar-refractivity contribution in [3.8, 4) is 0 Å². The van der Waals surface area contributed by atoms with Gasteiger partial charge in [-0.2, -0.15) is 0 Å². The van der Waals surface area contributed by atoms with E-state index in [1.807, 2.05) is 6.92 Å². The standard InChI is InChI=1S/C13H18N2O5S/c1-9-10(6-7-20-9)8-14-11-4-3-5-12(21(2,18)19)13(11)15(16)17/h3-5,9-10,14H,6-8H2,1-2H3. The number of nitro groups is 1. The SMILES string of the molecule is CC1OCCC1CNc1cccc(S(C)(=O)=O)c1[N+](=O)[O-]. The fourth-order valence-corrected chi connectivity index (χ4v) is 3.30. The van der Waals surface area contributed by atoms with Crippen molar-refractivity contribution in [2.24, 2.45) is 5.92 Å². The normalized spacial score (nSPS) is 22.2. The maximum absolute atomic E-state index is 11.7. The minimum Gasteiger partial charge on any atom is -0.379 e. The molecule has 1 aromatic carbocycles. The summed E-state index contributed by atoms with van der Waals surface area (Å²) >= 11 is 0. The van der Waals surface area contributed by atoms with Gasteiger partial charge in [-0.1, -0.05) is 6.07 Å². The highest BCUT2D eigenvalue weighted by Crippen LogP contribution is 2.32. The number of nitrogens with zero attached hydrogens (tertiary/aromatic N) is 1. The molecule has 7 nitrogen and oxygen atoms in total. The Balaban J connectivity index is 2.29. The Morgan fingerprint density at radius 3 is 2.71 bits per heavy atom. The van der Waals surface area contributed by atoms with Crippen LogP contribution in [-0.4, -0.2) is 38.9 Å². The molecule has 1 aliphatic rings. The lowest BCUT2D eigenvalue weighted by molar-refractivity contribution is -0.386. The summed E-state index contributed by atoms with van der Waals surface area (Å²) < 4.78 is 28.8. The molecular formula is C13H18N2O5S. The van der Waals surface area contributed by atoms with Crippen molar-refractivity contribution in [2.45, 2.75) is 24.3 Å². The van der Waals surface area contributed by atoms with Crippen molar-refractivity contribution in [1.29, 1.82) is 0 Å². The first-order valence-electron chi connectivity index (χ1n) is 6.63. The van der Waals surface area contributed by atoms with Crippen LogP contribution in [0.3, 0.4) is 0 Å². The number of ether oxygens (including phenoxy) is 1. The number of rotatable bonds is 5. The number of benzene rings is 1. The van der Waals surface area contributed by atoms with Gasteiger partial charge in [0.25, 0.3) is 0 Å². The van der Waals surface area contributed by atoms with E-state index in [1.165, 1.54) is 18.2 Å². The van der Waals surface area contributed by atoms with E-state index in [-0.39, 0.29) is 22.6 Å². The molecule has 1 heterocycles. The quantitative estimate of drug-likeness (QED) is 0.657. The first-order chi connectivity index (χ1) is 9.80. The second-order valence-corrected chi connectivity index (χ2v) is 7.17. The highest BCUT2D eigenvalue weighted by molar-refractivity contribution is 7.90. The molecule has 116 valence electrons. The van der Waals surface area contributed by atoms with Crippen LogP contribution in [0.1, 0.15) is 13.3 Å². The Bertz CT molecular complexity index is 644. The van der Waals surface area contributed by atoms with Gasteiger partial charge in [0, 0.05) is 25.3 Å². The molecule has 2 rings (SSSR count). The van der Waals surface area contributed by atoms with Gasteiger partial charge in [-0.05, 0) is 25.5 Å². The minimum atomic E-state index is -3.66. The molecule has 2 atom stereocenters. The third-order valence-electron chi connectivity index (χ3n) is 3.67. The van der Waals surface area contributed by atoms with Crippen LogP contribution in [0.25, 0.3) is 0 Å². The molecule has 0 spiro atoms. The van der Waals surface area contributed by atoms with Gasteiger partial charge in [0.05, 0.1) is 11.0 Å². The van der Waals surface area contributed by atoms with E-state index in [0.29, 0.717) is 13.2 Å². The maximum Gasteiger partial charge on any atom is 0.310 e. The lowest BCUT2D eigenvalue weighted by atomic mass is 10.0. The Labute approximate surface area is 123 Å². The van der Waals surface area contributed by atoms with E-state index in [9.17, 15) is 18.5 Å². The lowest BCUT2D eigenvalue weighted by Crippen LogP contribution is -2.21. The molecule has 21 heavy (non-hydrogen) atoms. The molecule has 1 aliphatic heterocycles. The molecule has 0 bridgehead atoms. The predicted molar refractivity (Wildman–Crippen MR) is 78.2 cm³/mol. The summed E-state index contributed by atoms with van der Waals surface area (Å²) in [4.78, 5) is 10.3. The van der Waals surface area contributed by atoms with Crippen LogP contribution in [0.4, 0.5) is 11.4 Å². The third kappa shape index (κ3) is 3.51. The van der Waals surface area contributed by atoms with Crippen LogP contribution in [0.15, 0.2) is 23.1 Å². The zero-order valence-electron chi connectivity index (χ0n) is 11.9. The van der Waals surface area contributed by atoms with Gasteiger partial charge in [0.2, 0.25) is 0 Å². The van der Waals surface area contributed by atoms with Gasteiger partial charge in [-0.15, -0.1) is 0 Å². The summed E-state index contributed by atoms with van der Waals surface area (Å²) in [6, 6.07) is 4.27. The molecule has 0 aliphatic carbocycles. The van der Waals surface area contributed by atoms with Crippen molar-refractivity contribution in [3.63, 3.8) is 0 Å². The molecule has 1 fully saturated rings. The van der Waals surface area contributed by atoms with Crippen LogP contribution in [0.5, 0.6) is 0 Å². The van der Waals surface area contributed by atoms with E-state index in [2.05, 4.69) is 5.32 Å². The van der Waals surface area contributed by atoms with Crippen molar-refractivity contribution in [3.05, 3.63) is 28.3 Å². The van der Waals surface area contributed by atoms with Gasteiger partial charge >= 0.3 is 5.69 Å². The highest BCUT2D eigenvalue weighted by atomic mass is 32.2. The van der Waals surface area contributed by atoms with Crippen LogP contribution < -0.4 is 5.32 Å². The van der Waals surface area contributed by atoms with Crippen LogP contribution in [0.2, 0.25) is 0 Å². The summed E-state index contributed by atoms with van der Waals surface area (Å²) in [7, 11) is -3.66. The second-order valence-electron chi connectivity index (χ2n) is 5.19. The molecule has 1 saturated heterocycles. The average Bonchev–Trinajstić information content (AvgIpc) is 2.80. The van der Waals surface area contributed by atoms with E-state index < -0.39 is 20.4 Å². The Kier molecular flexibility index (Phi) is 4.48. The molecule has 1 N–H and O–H groups in total. The third-order valence-corrected chi connectivity index (χ3v) is 4.80. The van der Waals surface area contributed by atoms with E-state index in [0.717, 1.165) is 12.7 Å². The molecule has 8 heteroatoms. The fourth-order valence-electron chi connectivity index (χ4n) is 2.44.